The monoisotopic (exact) mass is 326 g/mol. The van der Waals surface area contributed by atoms with E-state index in [4.69, 9.17) is 4.74 Å². The van der Waals surface area contributed by atoms with Crippen LogP contribution in [0.15, 0.2) is 0 Å². The first-order valence-electron chi connectivity index (χ1n) is 9.23. The molecule has 1 heterocycles. The molecule has 134 valence electrons. The minimum absolute atomic E-state index is 0.0289. The molecule has 5 heteroatoms. The van der Waals surface area contributed by atoms with Gasteiger partial charge in [-0.1, -0.05) is 51.9 Å². The summed E-state index contributed by atoms with van der Waals surface area (Å²) in [6.07, 6.45) is 10.4. The lowest BCUT2D eigenvalue weighted by molar-refractivity contribution is -0.129. The van der Waals surface area contributed by atoms with Crippen LogP contribution in [0.2, 0.25) is 0 Å². The standard InChI is InChI=1S/C18H34N2O3/c1-3-4-5-6-7-8-9-10-11-19-18(22)16-14-17(21)20(15-16)12-13-23-2/h16H,3-15H2,1-2H3,(H,19,22). The number of carbonyl (C=O) groups excluding carboxylic acids is 2. The molecular formula is C18H34N2O3. The van der Waals surface area contributed by atoms with Crippen LogP contribution >= 0.6 is 0 Å². The first kappa shape index (κ1) is 19.9. The van der Waals surface area contributed by atoms with Gasteiger partial charge in [0.15, 0.2) is 0 Å². The van der Waals surface area contributed by atoms with E-state index in [1.807, 2.05) is 0 Å². The van der Waals surface area contributed by atoms with Crippen molar-refractivity contribution in [1.82, 2.24) is 10.2 Å². The van der Waals surface area contributed by atoms with Crippen molar-refractivity contribution in [1.29, 1.82) is 0 Å². The van der Waals surface area contributed by atoms with Gasteiger partial charge in [-0.3, -0.25) is 9.59 Å². The maximum Gasteiger partial charge on any atom is 0.225 e. The Morgan fingerprint density at radius 1 is 1.17 bits per heavy atom. The van der Waals surface area contributed by atoms with Gasteiger partial charge in [-0.25, -0.2) is 0 Å². The van der Waals surface area contributed by atoms with Crippen molar-refractivity contribution >= 4 is 11.8 Å². The highest BCUT2D eigenvalue weighted by molar-refractivity contribution is 5.89. The molecule has 0 aromatic heterocycles. The number of amides is 2. The zero-order chi connectivity index (χ0) is 16.9. The van der Waals surface area contributed by atoms with Crippen LogP contribution in [-0.4, -0.2) is 50.1 Å². The lowest BCUT2D eigenvalue weighted by Gasteiger charge is -2.15. The number of hydrogen-bond acceptors (Lipinski definition) is 3. The van der Waals surface area contributed by atoms with Gasteiger partial charge in [0.05, 0.1) is 12.5 Å². The first-order valence-corrected chi connectivity index (χ1v) is 9.23. The van der Waals surface area contributed by atoms with Crippen LogP contribution in [0, 0.1) is 5.92 Å². The molecule has 1 rings (SSSR count). The number of ether oxygens (including phenoxy) is 1. The van der Waals surface area contributed by atoms with Crippen molar-refractivity contribution < 1.29 is 14.3 Å². The fourth-order valence-electron chi connectivity index (χ4n) is 2.98. The molecule has 1 unspecified atom stereocenters. The van der Waals surface area contributed by atoms with E-state index >= 15 is 0 Å². The zero-order valence-corrected chi connectivity index (χ0v) is 14.9. The van der Waals surface area contributed by atoms with Crippen molar-refractivity contribution in [3.05, 3.63) is 0 Å². The Morgan fingerprint density at radius 3 is 2.48 bits per heavy atom. The zero-order valence-electron chi connectivity index (χ0n) is 14.9. The predicted octanol–water partition coefficient (Wildman–Crippen LogP) is 2.74. The molecule has 1 aliphatic heterocycles. The van der Waals surface area contributed by atoms with Crippen LogP contribution in [0.25, 0.3) is 0 Å². The molecule has 1 aliphatic rings. The highest BCUT2D eigenvalue weighted by Gasteiger charge is 2.33. The lowest BCUT2D eigenvalue weighted by Crippen LogP contribution is -2.34. The van der Waals surface area contributed by atoms with E-state index in [0.717, 1.165) is 13.0 Å². The lowest BCUT2D eigenvalue weighted by atomic mass is 10.1. The number of hydrogen-bond donors (Lipinski definition) is 1. The summed E-state index contributed by atoms with van der Waals surface area (Å²) in [4.78, 5) is 25.6. The molecule has 1 saturated heterocycles. The van der Waals surface area contributed by atoms with Crippen molar-refractivity contribution in [2.75, 3.05) is 33.4 Å². The third kappa shape index (κ3) is 8.35. The van der Waals surface area contributed by atoms with Crippen molar-refractivity contribution in [2.24, 2.45) is 5.92 Å². The average Bonchev–Trinajstić information content (AvgIpc) is 2.92. The van der Waals surface area contributed by atoms with Crippen LogP contribution in [0.3, 0.4) is 0 Å². The first-order chi connectivity index (χ1) is 11.2. The molecule has 23 heavy (non-hydrogen) atoms. The Bertz CT molecular complexity index is 347. The predicted molar refractivity (Wildman–Crippen MR) is 92.2 cm³/mol. The highest BCUT2D eigenvalue weighted by atomic mass is 16.5. The van der Waals surface area contributed by atoms with Gasteiger partial charge in [0, 0.05) is 33.2 Å². The van der Waals surface area contributed by atoms with Gasteiger partial charge < -0.3 is 15.0 Å². The number of rotatable bonds is 13. The van der Waals surface area contributed by atoms with Crippen LogP contribution in [0.4, 0.5) is 0 Å². The number of nitrogens with zero attached hydrogens (tertiary/aromatic N) is 1. The van der Waals surface area contributed by atoms with Gasteiger partial charge in [0.25, 0.3) is 0 Å². The van der Waals surface area contributed by atoms with Gasteiger partial charge >= 0.3 is 0 Å². The fraction of sp³-hybridized carbons (Fsp3) is 0.889. The quantitative estimate of drug-likeness (QED) is 0.529. The topological polar surface area (TPSA) is 58.6 Å². The molecule has 1 N–H and O–H groups in total. The number of nitrogens with one attached hydrogen (secondary N) is 1. The molecular weight excluding hydrogens is 292 g/mol. The van der Waals surface area contributed by atoms with Crippen molar-refractivity contribution in [3.63, 3.8) is 0 Å². The van der Waals surface area contributed by atoms with Crippen LogP contribution < -0.4 is 5.32 Å². The van der Waals surface area contributed by atoms with Gasteiger partial charge in [0.1, 0.15) is 0 Å². The van der Waals surface area contributed by atoms with Crippen LogP contribution in [0.1, 0.15) is 64.7 Å². The molecule has 0 bridgehead atoms. The number of methoxy groups -OCH3 is 1. The van der Waals surface area contributed by atoms with Crippen molar-refractivity contribution in [3.8, 4) is 0 Å². The molecule has 0 spiro atoms. The normalized spacial score (nSPS) is 17.7. The Balaban J connectivity index is 2.03. The van der Waals surface area contributed by atoms with E-state index in [9.17, 15) is 9.59 Å². The van der Waals surface area contributed by atoms with Gasteiger partial charge in [0.2, 0.25) is 11.8 Å². The molecule has 0 aliphatic carbocycles. The van der Waals surface area contributed by atoms with E-state index < -0.39 is 0 Å². The van der Waals surface area contributed by atoms with Crippen LogP contribution in [-0.2, 0) is 14.3 Å². The number of unbranched alkanes of at least 4 members (excludes halogenated alkanes) is 7. The maximum absolute atomic E-state index is 12.1. The highest BCUT2D eigenvalue weighted by Crippen LogP contribution is 2.17. The molecule has 1 fully saturated rings. The van der Waals surface area contributed by atoms with E-state index in [1.165, 1.54) is 44.9 Å². The SMILES string of the molecule is CCCCCCCCCCNC(=O)C1CC(=O)N(CCOC)C1. The Hall–Kier alpha value is -1.10. The largest absolute Gasteiger partial charge is 0.383 e. The smallest absolute Gasteiger partial charge is 0.225 e. The van der Waals surface area contributed by atoms with E-state index in [2.05, 4.69) is 12.2 Å². The fourth-order valence-corrected chi connectivity index (χ4v) is 2.98. The molecule has 0 radical (unpaired) electrons. The second kappa shape index (κ2) is 12.3. The number of likely N-dealkylation sites (tertiary alicyclic amines) is 1. The van der Waals surface area contributed by atoms with E-state index in [1.54, 1.807) is 12.0 Å². The second-order valence-electron chi connectivity index (χ2n) is 6.50. The summed E-state index contributed by atoms with van der Waals surface area (Å²) >= 11 is 0. The third-order valence-corrected chi connectivity index (χ3v) is 4.48. The summed E-state index contributed by atoms with van der Waals surface area (Å²) in [5, 5.41) is 2.98. The molecule has 1 atom stereocenters. The summed E-state index contributed by atoms with van der Waals surface area (Å²) in [7, 11) is 1.62. The Labute approximate surface area is 141 Å². The number of carbonyl (C=O) groups is 2. The molecule has 2 amide bonds. The van der Waals surface area contributed by atoms with E-state index in [0.29, 0.717) is 26.1 Å². The minimum atomic E-state index is -0.187. The molecule has 5 nitrogen and oxygen atoms in total. The minimum Gasteiger partial charge on any atom is -0.383 e. The average molecular weight is 326 g/mol. The molecule has 0 aromatic rings. The van der Waals surface area contributed by atoms with Gasteiger partial charge in [-0.2, -0.15) is 0 Å². The van der Waals surface area contributed by atoms with Gasteiger partial charge in [-0.15, -0.1) is 0 Å². The van der Waals surface area contributed by atoms with E-state index in [-0.39, 0.29) is 17.7 Å². The summed E-state index contributed by atoms with van der Waals surface area (Å²) in [5.41, 5.74) is 0. The summed E-state index contributed by atoms with van der Waals surface area (Å²) in [5.74, 6) is -0.0936. The summed E-state index contributed by atoms with van der Waals surface area (Å²) in [6.45, 7) is 4.61. The summed E-state index contributed by atoms with van der Waals surface area (Å²) < 4.78 is 4.99. The maximum atomic E-state index is 12.1. The molecule has 0 saturated carbocycles. The Kier molecular flexibility index (Phi) is 10.7. The van der Waals surface area contributed by atoms with Gasteiger partial charge in [-0.05, 0) is 6.42 Å². The third-order valence-electron chi connectivity index (χ3n) is 4.48. The second-order valence-corrected chi connectivity index (χ2v) is 6.50. The molecule has 0 aromatic carbocycles. The Morgan fingerprint density at radius 2 is 1.83 bits per heavy atom. The van der Waals surface area contributed by atoms with Crippen molar-refractivity contribution in [2.45, 2.75) is 64.7 Å². The van der Waals surface area contributed by atoms with Crippen LogP contribution in [0.5, 0.6) is 0 Å². The summed E-state index contributed by atoms with van der Waals surface area (Å²) in [6, 6.07) is 0.